The minimum absolute atomic E-state index is 0.0501. The Labute approximate surface area is 281 Å². The maximum absolute atomic E-state index is 13.0. The van der Waals surface area contributed by atoms with Crippen LogP contribution in [0.3, 0.4) is 0 Å². The molecule has 48 heavy (non-hydrogen) atoms. The summed E-state index contributed by atoms with van der Waals surface area (Å²) in [6, 6.07) is -0.485. The predicted octanol–water partition coefficient (Wildman–Crippen LogP) is 1.23. The SMILES string of the molecule is CC[C@H](N)[C@@H](O)C[C@H](O)CC[C@@H](O)C[C@H](C)C[C@H](OC(=O)C[C@@H](CC(=O)O)C(=O)O)[C@H](OCC[C@@H](CC(=O)O)C(=O)O)[C@H](C)CCCO. The summed E-state index contributed by atoms with van der Waals surface area (Å²) in [5.74, 6) is -10.1. The number of esters is 1. The number of aliphatic carboxylic acids is 4. The summed E-state index contributed by atoms with van der Waals surface area (Å²) in [4.78, 5) is 58.5. The van der Waals surface area contributed by atoms with E-state index in [0.717, 1.165) is 0 Å². The number of nitrogens with two attached hydrogens (primary N) is 1. The van der Waals surface area contributed by atoms with Crippen LogP contribution in [0.5, 0.6) is 0 Å². The van der Waals surface area contributed by atoms with Crippen LogP contribution in [0.4, 0.5) is 0 Å². The molecule has 0 fully saturated rings. The number of hydrogen-bond donors (Lipinski definition) is 9. The molecule has 0 saturated heterocycles. The van der Waals surface area contributed by atoms with E-state index in [1.807, 2.05) is 6.92 Å². The molecule has 0 spiro atoms. The van der Waals surface area contributed by atoms with Gasteiger partial charge in [-0.3, -0.25) is 24.0 Å². The van der Waals surface area contributed by atoms with Gasteiger partial charge in [-0.2, -0.15) is 0 Å². The molecule has 0 aromatic carbocycles. The highest BCUT2D eigenvalue weighted by atomic mass is 16.6. The summed E-state index contributed by atoms with van der Waals surface area (Å²) >= 11 is 0. The summed E-state index contributed by atoms with van der Waals surface area (Å²) < 4.78 is 11.8. The molecule has 0 aromatic rings. The van der Waals surface area contributed by atoms with Gasteiger partial charge in [0, 0.05) is 25.7 Å². The molecule has 0 amide bonds. The van der Waals surface area contributed by atoms with Crippen molar-refractivity contribution in [3.05, 3.63) is 0 Å². The van der Waals surface area contributed by atoms with E-state index in [1.54, 1.807) is 13.8 Å². The van der Waals surface area contributed by atoms with Gasteiger partial charge in [-0.25, -0.2) is 0 Å². The molecule has 16 heteroatoms. The fourth-order valence-electron chi connectivity index (χ4n) is 5.51. The van der Waals surface area contributed by atoms with Crippen molar-refractivity contribution in [2.24, 2.45) is 29.4 Å². The zero-order valence-corrected chi connectivity index (χ0v) is 28.2. The molecule has 0 bridgehead atoms. The van der Waals surface area contributed by atoms with E-state index in [0.29, 0.717) is 19.3 Å². The number of carboxylic acids is 4. The lowest BCUT2D eigenvalue weighted by Crippen LogP contribution is -2.41. The molecule has 0 aliphatic rings. The van der Waals surface area contributed by atoms with E-state index in [9.17, 15) is 54.6 Å². The van der Waals surface area contributed by atoms with Gasteiger partial charge in [0.2, 0.25) is 0 Å². The molecule has 0 aliphatic heterocycles. The molecule has 10 N–H and O–H groups in total. The van der Waals surface area contributed by atoms with E-state index in [4.69, 9.17) is 25.4 Å². The number of carbonyl (C=O) groups is 5. The molecular weight excluding hydrogens is 638 g/mol. The maximum atomic E-state index is 13.0. The Hall–Kier alpha value is -2.89. The third-order valence-electron chi connectivity index (χ3n) is 8.38. The Bertz CT molecular complexity index is 979. The van der Waals surface area contributed by atoms with Crippen LogP contribution in [-0.4, -0.2) is 120 Å². The average Bonchev–Trinajstić information content (AvgIpc) is 2.98. The van der Waals surface area contributed by atoms with Crippen LogP contribution in [0.15, 0.2) is 0 Å². The first-order chi connectivity index (χ1) is 22.4. The number of aliphatic hydroxyl groups excluding tert-OH is 4. The van der Waals surface area contributed by atoms with Gasteiger partial charge in [0.25, 0.3) is 0 Å². The third kappa shape index (κ3) is 19.8. The van der Waals surface area contributed by atoms with E-state index in [2.05, 4.69) is 0 Å². The van der Waals surface area contributed by atoms with Crippen molar-refractivity contribution in [2.75, 3.05) is 13.2 Å². The van der Waals surface area contributed by atoms with Crippen molar-refractivity contribution in [1.82, 2.24) is 0 Å². The first-order valence-electron chi connectivity index (χ1n) is 16.5. The Morgan fingerprint density at radius 1 is 0.729 bits per heavy atom. The highest BCUT2D eigenvalue weighted by Crippen LogP contribution is 2.28. The smallest absolute Gasteiger partial charge is 0.307 e. The molecule has 0 unspecified atom stereocenters. The molecular formula is C32H57NO15. The quantitative estimate of drug-likeness (QED) is 0.0497. The van der Waals surface area contributed by atoms with Gasteiger partial charge in [-0.15, -0.1) is 0 Å². The van der Waals surface area contributed by atoms with E-state index in [-0.39, 0.29) is 57.7 Å². The van der Waals surface area contributed by atoms with Gasteiger partial charge >= 0.3 is 29.8 Å². The van der Waals surface area contributed by atoms with Crippen LogP contribution in [0.2, 0.25) is 0 Å². The zero-order chi connectivity index (χ0) is 37.0. The van der Waals surface area contributed by atoms with Gasteiger partial charge in [-0.1, -0.05) is 20.8 Å². The summed E-state index contributed by atoms with van der Waals surface area (Å²) in [5, 5.41) is 77.5. The predicted molar refractivity (Wildman–Crippen MR) is 170 cm³/mol. The van der Waals surface area contributed by atoms with Gasteiger partial charge < -0.3 is 56.1 Å². The standard InChI is InChI=1S/C32H57NO15/c1-4-24(33)25(37)17-23(36)8-7-22(35)12-18(2)13-26(48-29(42)16-21(32(45)46)15-28(40)41)30(19(3)6-5-10-34)47-11-9-20(31(43)44)14-27(38)39/h18-26,30,34-37H,4-17,33H2,1-3H3,(H,38,39)(H,40,41)(H,43,44)(H,45,46)/t18-,19+,20-,21+,22+,23+,24-,25-,26-,30+/m0/s1. The lowest BCUT2D eigenvalue weighted by atomic mass is 9.87. The van der Waals surface area contributed by atoms with Crippen molar-refractivity contribution in [3.63, 3.8) is 0 Å². The number of ether oxygens (including phenoxy) is 2. The summed E-state index contributed by atoms with van der Waals surface area (Å²) in [5.41, 5.74) is 5.81. The van der Waals surface area contributed by atoms with Crippen LogP contribution < -0.4 is 5.73 Å². The third-order valence-corrected chi connectivity index (χ3v) is 8.38. The van der Waals surface area contributed by atoms with Gasteiger partial charge in [0.15, 0.2) is 0 Å². The molecule has 280 valence electrons. The van der Waals surface area contributed by atoms with Crippen molar-refractivity contribution in [3.8, 4) is 0 Å². The van der Waals surface area contributed by atoms with Crippen molar-refractivity contribution < 1.29 is 74.3 Å². The second kappa shape index (κ2) is 24.3. The Morgan fingerprint density at radius 3 is 1.77 bits per heavy atom. The largest absolute Gasteiger partial charge is 0.481 e. The fraction of sp³-hybridized carbons (Fsp3) is 0.844. The highest BCUT2D eigenvalue weighted by molar-refractivity contribution is 5.83. The van der Waals surface area contributed by atoms with Gasteiger partial charge in [0.1, 0.15) is 6.10 Å². The monoisotopic (exact) mass is 695 g/mol. The fourth-order valence-corrected chi connectivity index (χ4v) is 5.51. The summed E-state index contributed by atoms with van der Waals surface area (Å²) in [6.45, 7) is 4.93. The maximum Gasteiger partial charge on any atom is 0.307 e. The van der Waals surface area contributed by atoms with Crippen LogP contribution in [0.25, 0.3) is 0 Å². The van der Waals surface area contributed by atoms with Crippen LogP contribution in [0.1, 0.15) is 97.8 Å². The first kappa shape index (κ1) is 45.1. The number of carboxylic acid groups (broad SMARTS) is 4. The number of hydrogen-bond acceptors (Lipinski definition) is 12. The minimum Gasteiger partial charge on any atom is -0.481 e. The molecule has 0 saturated carbocycles. The van der Waals surface area contributed by atoms with Gasteiger partial charge in [-0.05, 0) is 63.2 Å². The molecule has 0 aliphatic carbocycles. The minimum atomic E-state index is -1.56. The van der Waals surface area contributed by atoms with E-state index in [1.165, 1.54) is 0 Å². The molecule has 10 atom stereocenters. The summed E-state index contributed by atoms with van der Waals surface area (Å²) in [6.07, 6.45) is -5.15. The number of aliphatic hydroxyl groups is 4. The zero-order valence-electron chi connectivity index (χ0n) is 28.2. The summed E-state index contributed by atoms with van der Waals surface area (Å²) in [7, 11) is 0. The van der Waals surface area contributed by atoms with Gasteiger partial charge in [0.05, 0.1) is 55.5 Å². The molecule has 0 radical (unpaired) electrons. The Balaban J connectivity index is 5.96. The molecule has 0 rings (SSSR count). The van der Waals surface area contributed by atoms with Crippen molar-refractivity contribution in [2.45, 2.75) is 134 Å². The van der Waals surface area contributed by atoms with E-state index < -0.39 is 103 Å². The van der Waals surface area contributed by atoms with Crippen molar-refractivity contribution in [1.29, 1.82) is 0 Å². The van der Waals surface area contributed by atoms with Crippen LogP contribution >= 0.6 is 0 Å². The highest BCUT2D eigenvalue weighted by Gasteiger charge is 2.35. The van der Waals surface area contributed by atoms with Crippen LogP contribution in [-0.2, 0) is 33.4 Å². The topological polar surface area (TPSA) is 292 Å². The van der Waals surface area contributed by atoms with Crippen LogP contribution in [0, 0.1) is 23.7 Å². The number of carbonyl (C=O) groups excluding carboxylic acids is 1. The molecule has 0 heterocycles. The average molecular weight is 696 g/mol. The van der Waals surface area contributed by atoms with E-state index >= 15 is 0 Å². The normalized spacial score (nSPS) is 17.9. The Morgan fingerprint density at radius 2 is 1.27 bits per heavy atom. The molecule has 16 nitrogen and oxygen atoms in total. The Kier molecular flexibility index (Phi) is 22.8. The lowest BCUT2D eigenvalue weighted by Gasteiger charge is -2.34. The first-order valence-corrected chi connectivity index (χ1v) is 16.5. The number of rotatable bonds is 29. The second-order valence-electron chi connectivity index (χ2n) is 12.8. The molecule has 0 aromatic heterocycles. The lowest BCUT2D eigenvalue weighted by molar-refractivity contribution is -0.168. The van der Waals surface area contributed by atoms with Crippen molar-refractivity contribution >= 4 is 29.8 Å². The second-order valence-corrected chi connectivity index (χ2v) is 12.8.